The molecule has 4 fully saturated rings. The molecule has 424 valence electrons. The van der Waals surface area contributed by atoms with E-state index in [-0.39, 0.29) is 61.9 Å². The zero-order chi connectivity index (χ0) is 56.4. The predicted molar refractivity (Wildman–Crippen MR) is 297 cm³/mol. The van der Waals surface area contributed by atoms with Crippen molar-refractivity contribution >= 4 is 36.1 Å². The first-order valence-corrected chi connectivity index (χ1v) is 27.9. The SMILES string of the molecule is CCOC(=O)[C@@H]1CN(Cc2ccccc2)C[C@@H]1CC.CCOC(=O)[C@H]1CN(Cc2ccccc2)C[C@H]1CC.CC[C@@H]1CN(C(=O)OCc2ccccc2)C[C@@H]1C(=O)O.CC[C@H]1CN(C(=O)OCc2ccccc2)C[C@H]1C(=O)O. The molecule has 0 aliphatic carbocycles. The van der Waals surface area contributed by atoms with E-state index < -0.39 is 36.0 Å². The van der Waals surface area contributed by atoms with Crippen molar-refractivity contribution in [1.29, 1.82) is 0 Å². The third kappa shape index (κ3) is 19.3. The van der Waals surface area contributed by atoms with Crippen LogP contribution in [-0.4, -0.2) is 131 Å². The number of carboxylic acid groups (broad SMARTS) is 2. The summed E-state index contributed by atoms with van der Waals surface area (Å²) >= 11 is 0. The molecule has 0 saturated carbocycles. The quantitative estimate of drug-likeness (QED) is 0.0706. The Morgan fingerprint density at radius 2 is 0.679 bits per heavy atom. The van der Waals surface area contributed by atoms with Crippen LogP contribution in [0.5, 0.6) is 0 Å². The molecule has 0 aromatic heterocycles. The lowest BCUT2D eigenvalue weighted by Gasteiger charge is -2.15. The standard InChI is InChI=1S/2C16H23NO2.2C15H19NO4/c2*1-3-14-11-17(10-13-8-6-5-7-9-13)12-15(14)16(18)19-4-2;2*1-2-12-8-16(9-13(12)14(17)18)15(19)20-10-11-6-4-3-5-7-11/h2*5-9,14-15H,3-4,10-12H2,1-2H3;2*3-7,12-13H,2,8-10H2,1H3,(H,17,18)/t2*14-,15+;2*12-,13+/m1010/s1. The maximum atomic E-state index is 12.0. The lowest BCUT2D eigenvalue weighted by molar-refractivity contribution is -0.149. The van der Waals surface area contributed by atoms with Gasteiger partial charge in [0, 0.05) is 65.4 Å². The van der Waals surface area contributed by atoms with Gasteiger partial charge in [0.1, 0.15) is 13.2 Å². The second-order valence-corrected chi connectivity index (χ2v) is 20.5. The van der Waals surface area contributed by atoms with Gasteiger partial charge in [0.15, 0.2) is 0 Å². The van der Waals surface area contributed by atoms with Crippen molar-refractivity contribution in [2.24, 2.45) is 47.3 Å². The van der Waals surface area contributed by atoms with Crippen LogP contribution in [0.2, 0.25) is 0 Å². The van der Waals surface area contributed by atoms with Gasteiger partial charge < -0.3 is 39.0 Å². The zero-order valence-electron chi connectivity index (χ0n) is 46.7. The van der Waals surface area contributed by atoms with Crippen molar-refractivity contribution in [3.05, 3.63) is 144 Å². The van der Waals surface area contributed by atoms with E-state index >= 15 is 0 Å². The minimum atomic E-state index is -0.838. The largest absolute Gasteiger partial charge is 0.481 e. The monoisotopic (exact) mass is 1080 g/mol. The summed E-state index contributed by atoms with van der Waals surface area (Å²) in [6.07, 6.45) is 2.70. The summed E-state index contributed by atoms with van der Waals surface area (Å²) in [7, 11) is 0. The Bertz CT molecular complexity index is 2260. The number of nitrogens with zero attached hydrogens (tertiary/aromatic N) is 4. The van der Waals surface area contributed by atoms with Crippen LogP contribution in [0.1, 0.15) is 89.5 Å². The molecule has 4 aliphatic heterocycles. The zero-order valence-corrected chi connectivity index (χ0v) is 46.7. The average Bonchev–Trinajstić information content (AvgIpc) is 4.29. The van der Waals surface area contributed by atoms with Crippen LogP contribution in [0.4, 0.5) is 9.59 Å². The highest BCUT2D eigenvalue weighted by molar-refractivity contribution is 5.76. The number of benzene rings is 4. The molecule has 4 saturated heterocycles. The summed E-state index contributed by atoms with van der Waals surface area (Å²) in [6, 6.07) is 39.7. The van der Waals surface area contributed by atoms with Crippen molar-refractivity contribution in [2.45, 2.75) is 93.5 Å². The van der Waals surface area contributed by atoms with E-state index in [9.17, 15) is 28.8 Å². The fourth-order valence-corrected chi connectivity index (χ4v) is 10.8. The summed E-state index contributed by atoms with van der Waals surface area (Å²) in [4.78, 5) is 77.8. The van der Waals surface area contributed by atoms with Gasteiger partial charge in [-0.25, -0.2) is 9.59 Å². The number of ether oxygens (including phenoxy) is 4. The molecule has 8 atom stereocenters. The molecule has 16 heteroatoms. The molecule has 2 N–H and O–H groups in total. The normalized spacial score (nSPS) is 22.6. The van der Waals surface area contributed by atoms with E-state index in [1.165, 1.54) is 20.9 Å². The third-order valence-electron chi connectivity index (χ3n) is 15.3. The number of carboxylic acids is 2. The number of amides is 2. The Balaban J connectivity index is 0.000000192. The lowest BCUT2D eigenvalue weighted by Crippen LogP contribution is -2.30. The third-order valence-corrected chi connectivity index (χ3v) is 15.3. The Kier molecular flexibility index (Phi) is 26.1. The average molecular weight is 1080 g/mol. The first-order valence-electron chi connectivity index (χ1n) is 27.9. The maximum Gasteiger partial charge on any atom is 0.410 e. The van der Waals surface area contributed by atoms with E-state index in [1.54, 1.807) is 0 Å². The Labute approximate surface area is 462 Å². The number of aliphatic carboxylic acids is 2. The molecule has 16 nitrogen and oxygen atoms in total. The van der Waals surface area contributed by atoms with E-state index in [1.807, 2.05) is 100 Å². The van der Waals surface area contributed by atoms with Gasteiger partial charge in [0.05, 0.1) is 36.9 Å². The van der Waals surface area contributed by atoms with E-state index in [0.717, 1.165) is 76.1 Å². The Hall–Kier alpha value is -6.78. The summed E-state index contributed by atoms with van der Waals surface area (Å²) in [5, 5.41) is 18.3. The van der Waals surface area contributed by atoms with Crippen molar-refractivity contribution < 1.29 is 57.9 Å². The topological polar surface area (TPSA) is 193 Å². The van der Waals surface area contributed by atoms with Crippen molar-refractivity contribution in [1.82, 2.24) is 19.6 Å². The number of likely N-dealkylation sites (tertiary alicyclic amines) is 4. The van der Waals surface area contributed by atoms with Crippen LogP contribution in [0, 0.1) is 47.3 Å². The van der Waals surface area contributed by atoms with E-state index in [2.05, 4.69) is 72.2 Å². The highest BCUT2D eigenvalue weighted by atomic mass is 16.6. The first-order chi connectivity index (χ1) is 37.7. The molecule has 0 bridgehead atoms. The molecule has 0 spiro atoms. The lowest BCUT2D eigenvalue weighted by atomic mass is 9.94. The maximum absolute atomic E-state index is 12.0. The van der Waals surface area contributed by atoms with Gasteiger partial charge in [-0.1, -0.05) is 175 Å². The van der Waals surface area contributed by atoms with Gasteiger partial charge in [-0.2, -0.15) is 0 Å². The molecule has 4 aliphatic rings. The number of rotatable bonds is 18. The van der Waals surface area contributed by atoms with Crippen LogP contribution in [0.25, 0.3) is 0 Å². The summed E-state index contributed by atoms with van der Waals surface area (Å²) in [6.45, 7) is 20.2. The van der Waals surface area contributed by atoms with Gasteiger partial charge in [-0.3, -0.25) is 29.0 Å². The summed E-state index contributed by atoms with van der Waals surface area (Å²) in [5.41, 5.74) is 4.45. The molecular formula is C62H84N4O12. The van der Waals surface area contributed by atoms with Gasteiger partial charge in [0.2, 0.25) is 0 Å². The molecule has 2 amide bonds. The van der Waals surface area contributed by atoms with Gasteiger partial charge >= 0.3 is 36.1 Å². The molecule has 78 heavy (non-hydrogen) atoms. The van der Waals surface area contributed by atoms with Crippen molar-refractivity contribution in [2.75, 3.05) is 65.6 Å². The number of esters is 2. The van der Waals surface area contributed by atoms with E-state index in [4.69, 9.17) is 29.2 Å². The van der Waals surface area contributed by atoms with Gasteiger partial charge in [-0.05, 0) is 59.8 Å². The van der Waals surface area contributed by atoms with Crippen LogP contribution in [0.3, 0.4) is 0 Å². The van der Waals surface area contributed by atoms with Crippen LogP contribution >= 0.6 is 0 Å². The second kappa shape index (κ2) is 32.8. The highest BCUT2D eigenvalue weighted by Gasteiger charge is 2.41. The molecule has 0 unspecified atom stereocenters. The van der Waals surface area contributed by atoms with Crippen LogP contribution in [0.15, 0.2) is 121 Å². The Morgan fingerprint density at radius 3 is 0.949 bits per heavy atom. The molecule has 4 aromatic rings. The van der Waals surface area contributed by atoms with Gasteiger partial charge in [-0.15, -0.1) is 0 Å². The predicted octanol–water partition coefficient (Wildman–Crippen LogP) is 10.1. The number of carbonyl (C=O) groups excluding carboxylic acids is 4. The minimum absolute atomic E-state index is 0.0109. The molecule has 4 heterocycles. The van der Waals surface area contributed by atoms with Crippen molar-refractivity contribution in [3.63, 3.8) is 0 Å². The van der Waals surface area contributed by atoms with E-state index in [0.29, 0.717) is 38.1 Å². The van der Waals surface area contributed by atoms with Gasteiger partial charge in [0.25, 0.3) is 0 Å². The van der Waals surface area contributed by atoms with Crippen LogP contribution < -0.4 is 0 Å². The first kappa shape index (κ1) is 62.1. The molecular weight excluding hydrogens is 993 g/mol. The molecule has 4 aromatic carbocycles. The number of hydrogen-bond acceptors (Lipinski definition) is 12. The molecule has 8 rings (SSSR count). The summed E-state index contributed by atoms with van der Waals surface area (Å²) in [5.74, 6) is -1.70. The van der Waals surface area contributed by atoms with Crippen LogP contribution in [-0.2, 0) is 64.4 Å². The Morgan fingerprint density at radius 1 is 0.385 bits per heavy atom. The second-order valence-electron chi connectivity index (χ2n) is 20.5. The number of hydrogen-bond donors (Lipinski definition) is 2. The minimum Gasteiger partial charge on any atom is -0.481 e. The molecule has 0 radical (unpaired) electrons. The smallest absolute Gasteiger partial charge is 0.410 e. The highest BCUT2D eigenvalue weighted by Crippen LogP contribution is 2.31. The van der Waals surface area contributed by atoms with Crippen molar-refractivity contribution in [3.8, 4) is 0 Å². The summed E-state index contributed by atoms with van der Waals surface area (Å²) < 4.78 is 20.8. The fourth-order valence-electron chi connectivity index (χ4n) is 10.8. The number of carbonyl (C=O) groups is 6. The fraction of sp³-hybridized carbons (Fsp3) is 0.516.